The molecule has 0 unspecified atom stereocenters. The average Bonchev–Trinajstić information content (AvgIpc) is 3.39. The molecule has 6 nitrogen and oxygen atoms in total. The van der Waals surface area contributed by atoms with Gasteiger partial charge in [0, 0.05) is 17.4 Å². The van der Waals surface area contributed by atoms with E-state index in [1.807, 2.05) is 38.1 Å². The van der Waals surface area contributed by atoms with E-state index in [0.717, 1.165) is 31.2 Å². The summed E-state index contributed by atoms with van der Waals surface area (Å²) in [5.74, 6) is 0.0693. The van der Waals surface area contributed by atoms with Crippen LogP contribution in [-0.4, -0.2) is 46.5 Å². The predicted octanol–water partition coefficient (Wildman–Crippen LogP) is 2.46. The second-order valence-electron chi connectivity index (χ2n) is 8.22. The molecule has 0 spiro atoms. The summed E-state index contributed by atoms with van der Waals surface area (Å²) in [5.41, 5.74) is 1.66. The zero-order chi connectivity index (χ0) is 19.8. The summed E-state index contributed by atoms with van der Waals surface area (Å²) >= 11 is 1.61. The molecule has 2 heterocycles. The van der Waals surface area contributed by atoms with E-state index in [4.69, 9.17) is 0 Å². The number of thioether (sulfide) groups is 1. The Morgan fingerprint density at radius 1 is 1.18 bits per heavy atom. The Labute approximate surface area is 169 Å². The smallest absolute Gasteiger partial charge is 0.256 e. The maximum Gasteiger partial charge on any atom is 0.256 e. The number of rotatable bonds is 5. The summed E-state index contributed by atoms with van der Waals surface area (Å²) < 4.78 is 0. The summed E-state index contributed by atoms with van der Waals surface area (Å²) in [6.45, 7) is 3.87. The Morgan fingerprint density at radius 3 is 2.61 bits per heavy atom. The summed E-state index contributed by atoms with van der Waals surface area (Å²) in [6, 6.07) is 6.63. The van der Waals surface area contributed by atoms with Crippen molar-refractivity contribution >= 4 is 29.5 Å². The fourth-order valence-corrected chi connectivity index (χ4v) is 5.85. The Balaban J connectivity index is 1.45. The van der Waals surface area contributed by atoms with Crippen molar-refractivity contribution in [3.8, 4) is 0 Å². The lowest BCUT2D eigenvalue weighted by atomic mass is 10.0. The molecular weight excluding hydrogens is 374 g/mol. The highest BCUT2D eigenvalue weighted by Crippen LogP contribution is 2.48. The van der Waals surface area contributed by atoms with Crippen molar-refractivity contribution in [2.24, 2.45) is 5.92 Å². The van der Waals surface area contributed by atoms with Gasteiger partial charge < -0.3 is 15.5 Å². The first-order chi connectivity index (χ1) is 13.5. The van der Waals surface area contributed by atoms with Crippen molar-refractivity contribution in [1.29, 1.82) is 0 Å². The molecule has 7 heteroatoms. The summed E-state index contributed by atoms with van der Waals surface area (Å²) in [5, 5.41) is 5.91. The van der Waals surface area contributed by atoms with Crippen LogP contribution in [0.4, 0.5) is 0 Å². The maximum atomic E-state index is 13.0. The van der Waals surface area contributed by atoms with E-state index in [0.29, 0.717) is 11.3 Å². The molecule has 1 aromatic carbocycles. The number of carbonyl (C=O) groups is 3. The van der Waals surface area contributed by atoms with Crippen LogP contribution in [0.25, 0.3) is 0 Å². The first-order valence-electron chi connectivity index (χ1n) is 10.1. The summed E-state index contributed by atoms with van der Waals surface area (Å²) in [4.78, 5) is 40.3. The van der Waals surface area contributed by atoms with Crippen LogP contribution in [0, 0.1) is 5.92 Å². The van der Waals surface area contributed by atoms with E-state index in [1.54, 1.807) is 16.7 Å². The molecule has 3 amide bonds. The minimum Gasteiger partial charge on any atom is -0.352 e. The summed E-state index contributed by atoms with van der Waals surface area (Å²) in [6.07, 6.45) is 4.29. The first kappa shape index (κ1) is 19.3. The van der Waals surface area contributed by atoms with Gasteiger partial charge in [-0.25, -0.2) is 0 Å². The molecule has 3 aliphatic rings. The fourth-order valence-electron chi connectivity index (χ4n) is 4.39. The number of hydrogen-bond acceptors (Lipinski definition) is 4. The molecule has 28 heavy (non-hydrogen) atoms. The van der Waals surface area contributed by atoms with Crippen molar-refractivity contribution in [3.05, 3.63) is 35.4 Å². The molecule has 2 fully saturated rings. The van der Waals surface area contributed by atoms with E-state index >= 15 is 0 Å². The highest BCUT2D eigenvalue weighted by Gasteiger charge is 2.48. The van der Waals surface area contributed by atoms with Gasteiger partial charge >= 0.3 is 0 Å². The van der Waals surface area contributed by atoms with Gasteiger partial charge in [0.05, 0.1) is 0 Å². The predicted molar refractivity (Wildman–Crippen MR) is 109 cm³/mol. The molecule has 0 aromatic heterocycles. The van der Waals surface area contributed by atoms with Gasteiger partial charge in [0.25, 0.3) is 5.91 Å². The highest BCUT2D eigenvalue weighted by atomic mass is 32.2. The SMILES string of the molecule is CC(C)[C@H](NC(=O)[C@@H]1CS[C@@H]2c3ccccc3C(=O)N21)C(=O)NC1CCCC1. The van der Waals surface area contributed by atoms with Gasteiger partial charge in [-0.05, 0) is 30.4 Å². The monoisotopic (exact) mass is 401 g/mol. The molecular formula is C21H27N3O3S. The molecule has 4 rings (SSSR count). The molecule has 150 valence electrons. The number of carbonyl (C=O) groups excluding carboxylic acids is 3. The van der Waals surface area contributed by atoms with Crippen LogP contribution in [0.2, 0.25) is 0 Å². The van der Waals surface area contributed by atoms with Crippen molar-refractivity contribution in [1.82, 2.24) is 15.5 Å². The molecule has 1 saturated carbocycles. The van der Waals surface area contributed by atoms with Gasteiger partial charge in [-0.15, -0.1) is 11.8 Å². The van der Waals surface area contributed by atoms with E-state index in [9.17, 15) is 14.4 Å². The number of fused-ring (bicyclic) bond motifs is 3. The number of benzene rings is 1. The first-order valence-corrected chi connectivity index (χ1v) is 11.2. The molecule has 1 saturated heterocycles. The number of amides is 3. The number of nitrogens with zero attached hydrogens (tertiary/aromatic N) is 1. The molecule has 0 bridgehead atoms. The van der Waals surface area contributed by atoms with Gasteiger partial charge in [0.15, 0.2) is 0 Å². The van der Waals surface area contributed by atoms with E-state index in [2.05, 4.69) is 10.6 Å². The molecule has 3 atom stereocenters. The van der Waals surface area contributed by atoms with E-state index in [1.165, 1.54) is 0 Å². The largest absolute Gasteiger partial charge is 0.352 e. The van der Waals surface area contributed by atoms with Crippen LogP contribution in [-0.2, 0) is 9.59 Å². The topological polar surface area (TPSA) is 78.5 Å². The fraction of sp³-hybridized carbons (Fsp3) is 0.571. The average molecular weight is 402 g/mol. The zero-order valence-corrected chi connectivity index (χ0v) is 17.1. The molecule has 1 aromatic rings. The Bertz CT molecular complexity index is 791. The van der Waals surface area contributed by atoms with Gasteiger partial charge in [0.1, 0.15) is 17.5 Å². The van der Waals surface area contributed by atoms with Gasteiger partial charge in [-0.1, -0.05) is 44.9 Å². The van der Waals surface area contributed by atoms with Crippen LogP contribution < -0.4 is 10.6 Å². The van der Waals surface area contributed by atoms with Gasteiger partial charge in [-0.3, -0.25) is 14.4 Å². The zero-order valence-electron chi connectivity index (χ0n) is 16.3. The van der Waals surface area contributed by atoms with Gasteiger partial charge in [0.2, 0.25) is 11.8 Å². The van der Waals surface area contributed by atoms with Gasteiger partial charge in [-0.2, -0.15) is 0 Å². The quantitative estimate of drug-likeness (QED) is 0.794. The minimum atomic E-state index is -0.586. The third-order valence-electron chi connectivity index (χ3n) is 5.94. The molecule has 1 aliphatic carbocycles. The maximum absolute atomic E-state index is 13.0. The van der Waals surface area contributed by atoms with Crippen molar-refractivity contribution in [3.63, 3.8) is 0 Å². The second kappa shape index (κ2) is 7.78. The number of nitrogens with one attached hydrogen (secondary N) is 2. The highest BCUT2D eigenvalue weighted by molar-refractivity contribution is 7.99. The van der Waals surface area contributed by atoms with Crippen LogP contribution in [0.3, 0.4) is 0 Å². The van der Waals surface area contributed by atoms with Crippen molar-refractivity contribution in [2.75, 3.05) is 5.75 Å². The number of hydrogen-bond donors (Lipinski definition) is 2. The molecule has 2 aliphatic heterocycles. The lowest BCUT2D eigenvalue weighted by molar-refractivity contribution is -0.132. The Hall–Kier alpha value is -2.02. The van der Waals surface area contributed by atoms with Crippen LogP contribution in [0.5, 0.6) is 0 Å². The van der Waals surface area contributed by atoms with Crippen molar-refractivity contribution in [2.45, 2.75) is 63.0 Å². The van der Waals surface area contributed by atoms with E-state index < -0.39 is 12.1 Å². The molecule has 0 radical (unpaired) electrons. The molecule has 2 N–H and O–H groups in total. The van der Waals surface area contributed by atoms with E-state index in [-0.39, 0.29) is 35.1 Å². The lowest BCUT2D eigenvalue weighted by Crippen LogP contribution is -2.56. The van der Waals surface area contributed by atoms with Crippen molar-refractivity contribution < 1.29 is 14.4 Å². The standard InChI is InChI=1S/C21H27N3O3S/c1-12(2)17(19(26)22-13-7-3-4-8-13)23-18(25)16-11-28-21-15-10-6-5-9-14(15)20(27)24(16)21/h5-6,9-10,12-13,16-17,21H,3-4,7-8,11H2,1-2H3,(H,22,26)(H,23,25)/t16-,17-,21+/m0/s1. The normalized spacial score (nSPS) is 25.0. The second-order valence-corrected chi connectivity index (χ2v) is 9.33. The van der Waals surface area contributed by atoms with Crippen LogP contribution in [0.1, 0.15) is 60.8 Å². The summed E-state index contributed by atoms with van der Waals surface area (Å²) in [7, 11) is 0. The minimum absolute atomic E-state index is 0.0262. The van der Waals surface area contributed by atoms with Crippen LogP contribution in [0.15, 0.2) is 24.3 Å². The third kappa shape index (κ3) is 3.41. The lowest BCUT2D eigenvalue weighted by Gasteiger charge is -2.27. The Morgan fingerprint density at radius 2 is 1.89 bits per heavy atom. The third-order valence-corrected chi connectivity index (χ3v) is 7.25. The Kier molecular flexibility index (Phi) is 5.36. The van der Waals surface area contributed by atoms with Crippen LogP contribution >= 0.6 is 11.8 Å².